The van der Waals surface area contributed by atoms with E-state index in [2.05, 4.69) is 15.3 Å². The molecule has 0 saturated heterocycles. The number of rotatable bonds is 6. The van der Waals surface area contributed by atoms with Gasteiger partial charge in [0.05, 0.1) is 17.6 Å². The molecular formula is C14H15ClN4O. The van der Waals surface area contributed by atoms with Gasteiger partial charge in [-0.15, -0.1) is 0 Å². The Labute approximate surface area is 122 Å². The van der Waals surface area contributed by atoms with Gasteiger partial charge in [-0.1, -0.05) is 11.6 Å². The third kappa shape index (κ3) is 3.53. The Hall–Kier alpha value is -1.98. The molecule has 0 amide bonds. The summed E-state index contributed by atoms with van der Waals surface area (Å²) in [4.78, 5) is 8.54. The van der Waals surface area contributed by atoms with Crippen LogP contribution in [0.15, 0.2) is 30.6 Å². The molecule has 0 radical (unpaired) electrons. The van der Waals surface area contributed by atoms with Gasteiger partial charge in [0, 0.05) is 43.4 Å². The van der Waals surface area contributed by atoms with E-state index in [9.17, 15) is 0 Å². The molecule has 2 rings (SSSR count). The molecule has 0 aromatic carbocycles. The number of fused-ring (bicyclic) bond motifs is 1. The first-order chi connectivity index (χ1) is 9.74. The van der Waals surface area contributed by atoms with E-state index in [-0.39, 0.29) is 0 Å². The molecule has 2 heterocycles. The standard InChI is InChI=1S/C14H15ClN4O/c1-20-5-4-17-8-11(7-16)10-6-13-12(18-9-10)2-3-14(15)19-13/h2-3,6-9,16-17H,4-5H2,1H3/b11-8+,16-7?. The van der Waals surface area contributed by atoms with Crippen molar-refractivity contribution in [3.63, 3.8) is 0 Å². The number of ether oxygens (including phenoxy) is 1. The Bertz CT molecular complexity index is 642. The van der Waals surface area contributed by atoms with Gasteiger partial charge in [-0.3, -0.25) is 4.98 Å². The van der Waals surface area contributed by atoms with E-state index in [0.717, 1.165) is 16.7 Å². The van der Waals surface area contributed by atoms with Crippen molar-refractivity contribution >= 4 is 34.4 Å². The van der Waals surface area contributed by atoms with Crippen molar-refractivity contribution in [1.29, 1.82) is 5.41 Å². The quantitative estimate of drug-likeness (QED) is 0.487. The molecule has 2 N–H and O–H groups in total. The van der Waals surface area contributed by atoms with Gasteiger partial charge in [0.25, 0.3) is 0 Å². The summed E-state index contributed by atoms with van der Waals surface area (Å²) in [5.41, 5.74) is 3.01. The number of hydrogen-bond acceptors (Lipinski definition) is 5. The van der Waals surface area contributed by atoms with Crippen LogP contribution in [0.25, 0.3) is 16.6 Å². The lowest BCUT2D eigenvalue weighted by Gasteiger charge is -2.05. The lowest BCUT2D eigenvalue weighted by atomic mass is 10.1. The first kappa shape index (κ1) is 14.4. The van der Waals surface area contributed by atoms with E-state index in [1.165, 1.54) is 6.21 Å². The number of methoxy groups -OCH3 is 1. The molecule has 0 bridgehead atoms. The summed E-state index contributed by atoms with van der Waals surface area (Å²) in [5.74, 6) is 0. The summed E-state index contributed by atoms with van der Waals surface area (Å²) in [7, 11) is 1.64. The Morgan fingerprint density at radius 2 is 2.30 bits per heavy atom. The molecule has 0 aliphatic carbocycles. The number of pyridine rings is 2. The van der Waals surface area contributed by atoms with Crippen LogP contribution in [0.2, 0.25) is 5.15 Å². The number of hydrogen-bond donors (Lipinski definition) is 2. The highest BCUT2D eigenvalue weighted by Crippen LogP contribution is 2.18. The van der Waals surface area contributed by atoms with Crippen molar-refractivity contribution in [2.45, 2.75) is 0 Å². The third-order valence-electron chi connectivity index (χ3n) is 2.70. The van der Waals surface area contributed by atoms with Gasteiger partial charge < -0.3 is 15.5 Å². The van der Waals surface area contributed by atoms with Gasteiger partial charge in [0.2, 0.25) is 0 Å². The monoisotopic (exact) mass is 290 g/mol. The average Bonchev–Trinajstić information content (AvgIpc) is 2.46. The van der Waals surface area contributed by atoms with Crippen molar-refractivity contribution in [2.75, 3.05) is 20.3 Å². The Morgan fingerprint density at radius 1 is 1.45 bits per heavy atom. The number of nitrogens with zero attached hydrogens (tertiary/aromatic N) is 2. The minimum atomic E-state index is 0.426. The molecule has 104 valence electrons. The normalized spacial score (nSPS) is 11.6. The number of nitrogens with one attached hydrogen (secondary N) is 2. The van der Waals surface area contributed by atoms with Gasteiger partial charge in [-0.2, -0.15) is 0 Å². The zero-order valence-electron chi connectivity index (χ0n) is 11.1. The van der Waals surface area contributed by atoms with E-state index in [4.69, 9.17) is 21.7 Å². The van der Waals surface area contributed by atoms with Crippen LogP contribution in [-0.2, 0) is 4.74 Å². The highest BCUT2D eigenvalue weighted by atomic mass is 35.5. The number of halogens is 1. The summed E-state index contributed by atoms with van der Waals surface area (Å²) in [6.07, 6.45) is 4.75. The fraction of sp³-hybridized carbons (Fsp3) is 0.214. The van der Waals surface area contributed by atoms with E-state index >= 15 is 0 Å². The minimum absolute atomic E-state index is 0.426. The van der Waals surface area contributed by atoms with Crippen LogP contribution in [0.5, 0.6) is 0 Å². The number of aromatic nitrogens is 2. The maximum absolute atomic E-state index is 7.49. The first-order valence-electron chi connectivity index (χ1n) is 6.10. The van der Waals surface area contributed by atoms with Gasteiger partial charge in [0.15, 0.2) is 0 Å². The van der Waals surface area contributed by atoms with Crippen LogP contribution < -0.4 is 5.32 Å². The molecule has 0 saturated carbocycles. The highest BCUT2D eigenvalue weighted by molar-refractivity contribution is 6.29. The second-order valence-electron chi connectivity index (χ2n) is 4.09. The van der Waals surface area contributed by atoms with E-state index in [1.807, 2.05) is 12.1 Å². The second kappa shape index (κ2) is 6.98. The summed E-state index contributed by atoms with van der Waals surface area (Å²) in [5, 5.41) is 11.0. The fourth-order valence-electron chi connectivity index (χ4n) is 1.69. The van der Waals surface area contributed by atoms with Crippen molar-refractivity contribution in [2.24, 2.45) is 0 Å². The van der Waals surface area contributed by atoms with Crippen molar-refractivity contribution in [3.05, 3.63) is 41.3 Å². The van der Waals surface area contributed by atoms with Crippen LogP contribution in [0.4, 0.5) is 0 Å². The Balaban J connectivity index is 2.27. The average molecular weight is 291 g/mol. The Kier molecular flexibility index (Phi) is 5.03. The van der Waals surface area contributed by atoms with Crippen LogP contribution in [0.3, 0.4) is 0 Å². The van der Waals surface area contributed by atoms with Gasteiger partial charge in [-0.05, 0) is 18.2 Å². The molecule has 5 nitrogen and oxygen atoms in total. The predicted molar refractivity (Wildman–Crippen MR) is 81.2 cm³/mol. The van der Waals surface area contributed by atoms with E-state index < -0.39 is 0 Å². The van der Waals surface area contributed by atoms with E-state index in [0.29, 0.717) is 23.8 Å². The molecule has 6 heteroatoms. The zero-order valence-corrected chi connectivity index (χ0v) is 11.8. The SMILES string of the molecule is COCCN/C=C(\C=N)c1cnc2ccc(Cl)nc2c1. The molecule has 2 aromatic heterocycles. The Morgan fingerprint density at radius 3 is 3.05 bits per heavy atom. The van der Waals surface area contributed by atoms with Crippen LogP contribution in [0, 0.1) is 5.41 Å². The maximum atomic E-state index is 7.49. The first-order valence-corrected chi connectivity index (χ1v) is 6.48. The number of allylic oxidation sites excluding steroid dienone is 1. The van der Waals surface area contributed by atoms with E-state index in [1.54, 1.807) is 25.6 Å². The lowest BCUT2D eigenvalue weighted by molar-refractivity contribution is 0.203. The van der Waals surface area contributed by atoms with Gasteiger partial charge >= 0.3 is 0 Å². The van der Waals surface area contributed by atoms with Gasteiger partial charge in [0.1, 0.15) is 5.15 Å². The maximum Gasteiger partial charge on any atom is 0.129 e. The second-order valence-corrected chi connectivity index (χ2v) is 4.47. The molecular weight excluding hydrogens is 276 g/mol. The van der Waals surface area contributed by atoms with Crippen LogP contribution >= 0.6 is 11.6 Å². The fourth-order valence-corrected chi connectivity index (χ4v) is 1.85. The summed E-state index contributed by atoms with van der Waals surface area (Å²) in [6, 6.07) is 5.39. The summed E-state index contributed by atoms with van der Waals surface area (Å²) in [6.45, 7) is 1.29. The van der Waals surface area contributed by atoms with Crippen LogP contribution in [-0.4, -0.2) is 36.4 Å². The van der Waals surface area contributed by atoms with Gasteiger partial charge in [-0.25, -0.2) is 4.98 Å². The molecule has 0 atom stereocenters. The molecule has 20 heavy (non-hydrogen) atoms. The van der Waals surface area contributed by atoms with Crippen LogP contribution in [0.1, 0.15) is 5.56 Å². The molecule has 2 aromatic rings. The largest absolute Gasteiger partial charge is 0.388 e. The van der Waals surface area contributed by atoms with Crippen molar-refractivity contribution in [1.82, 2.24) is 15.3 Å². The molecule has 0 aliphatic rings. The molecule has 0 aliphatic heterocycles. The minimum Gasteiger partial charge on any atom is -0.388 e. The zero-order chi connectivity index (χ0) is 14.4. The lowest BCUT2D eigenvalue weighted by Crippen LogP contribution is -2.13. The van der Waals surface area contributed by atoms with Crippen molar-refractivity contribution in [3.8, 4) is 0 Å². The topological polar surface area (TPSA) is 70.9 Å². The van der Waals surface area contributed by atoms with Crippen molar-refractivity contribution < 1.29 is 4.74 Å². The predicted octanol–water partition coefficient (Wildman–Crippen LogP) is 2.51. The smallest absolute Gasteiger partial charge is 0.129 e. The highest BCUT2D eigenvalue weighted by Gasteiger charge is 2.03. The summed E-state index contributed by atoms with van der Waals surface area (Å²) >= 11 is 5.88. The molecule has 0 fully saturated rings. The third-order valence-corrected chi connectivity index (χ3v) is 2.91. The summed E-state index contributed by atoms with van der Waals surface area (Å²) < 4.78 is 4.95. The molecule has 0 unspecified atom stereocenters. The molecule has 0 spiro atoms.